The van der Waals surface area contributed by atoms with Crippen molar-refractivity contribution in [3.8, 4) is 0 Å². The summed E-state index contributed by atoms with van der Waals surface area (Å²) in [6.45, 7) is 2.69. The van der Waals surface area contributed by atoms with Crippen LogP contribution in [0.25, 0.3) is 10.8 Å². The maximum atomic E-state index is 14.6. The van der Waals surface area contributed by atoms with Gasteiger partial charge in [0.25, 0.3) is 11.5 Å². The summed E-state index contributed by atoms with van der Waals surface area (Å²) in [6.07, 6.45) is 1.97. The average molecular weight is 418 g/mol. The summed E-state index contributed by atoms with van der Waals surface area (Å²) < 4.78 is 16.4. The van der Waals surface area contributed by atoms with Gasteiger partial charge in [0, 0.05) is 18.4 Å². The van der Waals surface area contributed by atoms with E-state index in [9.17, 15) is 14.0 Å². The first-order chi connectivity index (χ1) is 15.0. The second-order valence-electron chi connectivity index (χ2n) is 7.74. The SMILES string of the molecule is CC1CN(C(=O)c2cc(Cc3n[nH]c(=O)c4ccccc34)ccc2F)Cc2cnnn21. The highest BCUT2D eigenvalue weighted by Crippen LogP contribution is 2.23. The number of rotatable bonds is 3. The van der Waals surface area contributed by atoms with E-state index in [0.29, 0.717) is 30.6 Å². The molecule has 2 aromatic carbocycles. The first-order valence-corrected chi connectivity index (χ1v) is 9.94. The van der Waals surface area contributed by atoms with Gasteiger partial charge in [-0.05, 0) is 30.7 Å². The number of carbonyl (C=O) groups excluding carboxylic acids is 1. The van der Waals surface area contributed by atoms with Crippen molar-refractivity contribution < 1.29 is 9.18 Å². The van der Waals surface area contributed by atoms with Crippen LogP contribution in [0.15, 0.2) is 53.5 Å². The third kappa shape index (κ3) is 3.37. The third-order valence-corrected chi connectivity index (χ3v) is 5.60. The van der Waals surface area contributed by atoms with Crippen LogP contribution in [0, 0.1) is 5.82 Å². The normalized spacial score (nSPS) is 15.8. The smallest absolute Gasteiger partial charge is 0.272 e. The molecule has 3 heterocycles. The zero-order valence-electron chi connectivity index (χ0n) is 16.7. The molecule has 0 radical (unpaired) electrons. The first kappa shape index (κ1) is 19.1. The van der Waals surface area contributed by atoms with E-state index in [4.69, 9.17) is 0 Å². The Hall–Kier alpha value is -3.88. The predicted molar refractivity (Wildman–Crippen MR) is 111 cm³/mol. The second kappa shape index (κ2) is 7.42. The molecular formula is C22H19FN6O2. The number of halogens is 1. The molecule has 9 heteroatoms. The van der Waals surface area contributed by atoms with Gasteiger partial charge >= 0.3 is 0 Å². The number of H-pyrrole nitrogens is 1. The lowest BCUT2D eigenvalue weighted by Crippen LogP contribution is -2.40. The molecule has 4 aromatic rings. The fourth-order valence-corrected chi connectivity index (χ4v) is 4.08. The Morgan fingerprint density at radius 3 is 2.87 bits per heavy atom. The molecule has 8 nitrogen and oxygen atoms in total. The Labute approximate surface area is 176 Å². The first-order valence-electron chi connectivity index (χ1n) is 9.94. The summed E-state index contributed by atoms with van der Waals surface area (Å²) in [5.41, 5.74) is 1.95. The fraction of sp³-hybridized carbons (Fsp3) is 0.227. The number of nitrogens with zero attached hydrogens (tertiary/aromatic N) is 5. The highest BCUT2D eigenvalue weighted by Gasteiger charge is 2.28. The van der Waals surface area contributed by atoms with Crippen LogP contribution in [0.1, 0.15) is 40.3 Å². The van der Waals surface area contributed by atoms with Crippen LogP contribution >= 0.6 is 0 Å². The molecule has 2 aromatic heterocycles. The van der Waals surface area contributed by atoms with Gasteiger partial charge in [-0.2, -0.15) is 5.10 Å². The Kier molecular flexibility index (Phi) is 4.58. The van der Waals surface area contributed by atoms with Gasteiger partial charge in [-0.3, -0.25) is 9.59 Å². The molecule has 5 rings (SSSR count). The highest BCUT2D eigenvalue weighted by atomic mass is 19.1. The third-order valence-electron chi connectivity index (χ3n) is 5.60. The minimum absolute atomic E-state index is 0.0133. The Morgan fingerprint density at radius 1 is 1.23 bits per heavy atom. The van der Waals surface area contributed by atoms with E-state index in [-0.39, 0.29) is 23.1 Å². The van der Waals surface area contributed by atoms with Crippen LogP contribution in [0.3, 0.4) is 0 Å². The molecule has 31 heavy (non-hydrogen) atoms. The number of nitrogens with one attached hydrogen (secondary N) is 1. The van der Waals surface area contributed by atoms with Crippen molar-refractivity contribution in [2.24, 2.45) is 0 Å². The van der Waals surface area contributed by atoms with Crippen LogP contribution < -0.4 is 5.56 Å². The number of hydrogen-bond donors (Lipinski definition) is 1. The number of fused-ring (bicyclic) bond motifs is 2. The van der Waals surface area contributed by atoms with Crippen LogP contribution in [-0.4, -0.2) is 42.5 Å². The highest BCUT2D eigenvalue weighted by molar-refractivity contribution is 5.95. The topological polar surface area (TPSA) is 96.8 Å². The minimum atomic E-state index is -0.571. The summed E-state index contributed by atoms with van der Waals surface area (Å²) in [5, 5.41) is 15.9. The van der Waals surface area contributed by atoms with Crippen molar-refractivity contribution in [2.75, 3.05) is 6.54 Å². The molecule has 1 N–H and O–H groups in total. The van der Waals surface area contributed by atoms with Gasteiger partial charge in [0.2, 0.25) is 0 Å². The maximum absolute atomic E-state index is 14.6. The van der Waals surface area contributed by atoms with E-state index in [0.717, 1.165) is 16.6 Å². The summed E-state index contributed by atoms with van der Waals surface area (Å²) in [7, 11) is 0. The van der Waals surface area contributed by atoms with E-state index < -0.39 is 5.82 Å². The molecule has 156 valence electrons. The molecule has 0 fully saturated rings. The molecule has 1 amide bonds. The van der Waals surface area contributed by atoms with Gasteiger partial charge < -0.3 is 4.90 Å². The number of benzene rings is 2. The lowest BCUT2D eigenvalue weighted by molar-refractivity contribution is 0.0672. The Morgan fingerprint density at radius 2 is 2.03 bits per heavy atom. The minimum Gasteiger partial charge on any atom is -0.330 e. The second-order valence-corrected chi connectivity index (χ2v) is 7.74. The largest absolute Gasteiger partial charge is 0.330 e. The number of carbonyl (C=O) groups is 1. The van der Waals surface area contributed by atoms with Gasteiger partial charge in [-0.1, -0.05) is 29.5 Å². The maximum Gasteiger partial charge on any atom is 0.272 e. The van der Waals surface area contributed by atoms with Gasteiger partial charge in [-0.25, -0.2) is 14.2 Å². The molecule has 0 saturated carbocycles. The molecule has 0 bridgehead atoms. The van der Waals surface area contributed by atoms with Crippen molar-refractivity contribution in [3.63, 3.8) is 0 Å². The van der Waals surface area contributed by atoms with E-state index in [1.165, 1.54) is 6.07 Å². The van der Waals surface area contributed by atoms with Crippen LogP contribution in [-0.2, 0) is 13.0 Å². The zero-order valence-corrected chi connectivity index (χ0v) is 16.7. The van der Waals surface area contributed by atoms with E-state index >= 15 is 0 Å². The van der Waals surface area contributed by atoms with Crippen LogP contribution in [0.4, 0.5) is 4.39 Å². The molecule has 1 unspecified atom stereocenters. The van der Waals surface area contributed by atoms with Crippen molar-refractivity contribution >= 4 is 16.7 Å². The lowest BCUT2D eigenvalue weighted by Gasteiger charge is -2.31. The number of amides is 1. The van der Waals surface area contributed by atoms with Gasteiger partial charge in [0.05, 0.1) is 41.1 Å². The zero-order chi connectivity index (χ0) is 21.5. The summed E-state index contributed by atoms with van der Waals surface area (Å²) >= 11 is 0. The van der Waals surface area contributed by atoms with E-state index in [2.05, 4.69) is 20.5 Å². The van der Waals surface area contributed by atoms with Crippen molar-refractivity contribution in [2.45, 2.75) is 25.9 Å². The quantitative estimate of drug-likeness (QED) is 0.551. The molecular weight excluding hydrogens is 399 g/mol. The fourth-order valence-electron chi connectivity index (χ4n) is 4.08. The molecule has 0 spiro atoms. The Bertz CT molecular complexity index is 1360. The summed E-state index contributed by atoms with van der Waals surface area (Å²) in [5.74, 6) is -0.948. The molecule has 1 aliphatic rings. The predicted octanol–water partition coefficient (Wildman–Crippen LogP) is 2.46. The monoisotopic (exact) mass is 418 g/mol. The van der Waals surface area contributed by atoms with Crippen LogP contribution in [0.2, 0.25) is 0 Å². The lowest BCUT2D eigenvalue weighted by atomic mass is 10.0. The van der Waals surface area contributed by atoms with Gasteiger partial charge in [0.15, 0.2) is 0 Å². The number of hydrogen-bond acceptors (Lipinski definition) is 5. The average Bonchev–Trinajstić information content (AvgIpc) is 3.26. The van der Waals surface area contributed by atoms with Gasteiger partial charge in [-0.15, -0.1) is 5.10 Å². The summed E-state index contributed by atoms with van der Waals surface area (Å²) in [6, 6.07) is 11.6. The summed E-state index contributed by atoms with van der Waals surface area (Å²) in [4.78, 5) is 26.8. The van der Waals surface area contributed by atoms with E-state index in [1.807, 2.05) is 19.1 Å². The molecule has 1 atom stereocenters. The van der Waals surface area contributed by atoms with Gasteiger partial charge in [0.1, 0.15) is 5.82 Å². The molecule has 0 saturated heterocycles. The van der Waals surface area contributed by atoms with E-state index in [1.54, 1.807) is 40.0 Å². The molecule has 0 aliphatic carbocycles. The standard InChI is InChI=1S/C22H19FN6O2/c1-13-11-28(12-15-10-24-27-29(13)15)22(31)18-8-14(6-7-19(18)23)9-20-16-4-2-3-5-17(16)21(30)26-25-20/h2-8,10,13H,9,11-12H2,1H3,(H,26,30). The molecule has 1 aliphatic heterocycles. The van der Waals surface area contributed by atoms with Crippen molar-refractivity contribution in [1.82, 2.24) is 30.1 Å². The van der Waals surface area contributed by atoms with Crippen molar-refractivity contribution in [1.29, 1.82) is 0 Å². The van der Waals surface area contributed by atoms with Crippen LogP contribution in [0.5, 0.6) is 0 Å². The van der Waals surface area contributed by atoms with Crippen molar-refractivity contribution in [3.05, 3.63) is 87.3 Å². The number of aromatic nitrogens is 5. The number of aromatic amines is 1. The Balaban J connectivity index is 1.46.